The molecule has 0 unspecified atom stereocenters. The fourth-order valence-corrected chi connectivity index (χ4v) is 3.48. The summed E-state index contributed by atoms with van der Waals surface area (Å²) in [6, 6.07) is 5.07. The summed E-state index contributed by atoms with van der Waals surface area (Å²) < 4.78 is 42.9. The zero-order valence-corrected chi connectivity index (χ0v) is 14.1. The number of benzene rings is 1. The lowest BCUT2D eigenvalue weighted by molar-refractivity contribution is -0.137. The van der Waals surface area contributed by atoms with E-state index in [1.54, 1.807) is 6.20 Å². The maximum atomic E-state index is 12.6. The van der Waals surface area contributed by atoms with Crippen molar-refractivity contribution in [3.05, 3.63) is 46.5 Å². The van der Waals surface area contributed by atoms with E-state index in [2.05, 4.69) is 10.3 Å². The van der Waals surface area contributed by atoms with Crippen LogP contribution in [-0.4, -0.2) is 24.1 Å². The maximum Gasteiger partial charge on any atom is 0.416 e. The Labute approximate surface area is 147 Å². The van der Waals surface area contributed by atoms with Crippen molar-refractivity contribution < 1.29 is 22.7 Å². The molecule has 4 nitrogen and oxygen atoms in total. The zero-order valence-electron chi connectivity index (χ0n) is 13.3. The third kappa shape index (κ3) is 4.79. The van der Waals surface area contributed by atoms with Crippen molar-refractivity contribution in [2.24, 2.45) is 5.92 Å². The summed E-state index contributed by atoms with van der Waals surface area (Å²) >= 11 is 1.33. The molecule has 2 aromatic rings. The molecule has 1 amide bonds. The molecule has 3 rings (SSSR count). The van der Waals surface area contributed by atoms with Crippen molar-refractivity contribution in [2.75, 3.05) is 18.5 Å². The molecule has 134 valence electrons. The van der Waals surface area contributed by atoms with Crippen LogP contribution < -0.4 is 5.32 Å². The number of carbonyl (C=O) groups is 1. The van der Waals surface area contributed by atoms with Crippen LogP contribution in [0.5, 0.6) is 0 Å². The summed E-state index contributed by atoms with van der Waals surface area (Å²) in [6.07, 6.45) is -0.805. The number of rotatable bonds is 4. The predicted molar refractivity (Wildman–Crippen MR) is 88.5 cm³/mol. The van der Waals surface area contributed by atoms with E-state index < -0.39 is 11.7 Å². The first-order valence-electron chi connectivity index (χ1n) is 7.91. The number of nitrogens with zero attached hydrogens (tertiary/aromatic N) is 1. The van der Waals surface area contributed by atoms with Gasteiger partial charge in [0.15, 0.2) is 5.13 Å². The molecule has 1 aromatic heterocycles. The summed E-state index contributed by atoms with van der Waals surface area (Å²) in [4.78, 5) is 17.2. The van der Waals surface area contributed by atoms with Gasteiger partial charge in [-0.3, -0.25) is 4.79 Å². The third-order valence-electron chi connectivity index (χ3n) is 4.04. The number of amides is 1. The Kier molecular flexibility index (Phi) is 5.39. The van der Waals surface area contributed by atoms with Crippen molar-refractivity contribution in [2.45, 2.75) is 25.4 Å². The Bertz CT molecular complexity index is 722. The molecule has 2 heterocycles. The van der Waals surface area contributed by atoms with Crippen molar-refractivity contribution >= 4 is 22.4 Å². The molecule has 1 aliphatic heterocycles. The van der Waals surface area contributed by atoms with Crippen LogP contribution in [0.25, 0.3) is 0 Å². The Morgan fingerprint density at radius 1 is 1.24 bits per heavy atom. The number of hydrogen-bond acceptors (Lipinski definition) is 4. The molecule has 0 radical (unpaired) electrons. The van der Waals surface area contributed by atoms with Gasteiger partial charge in [0, 0.05) is 36.6 Å². The highest BCUT2D eigenvalue weighted by atomic mass is 32.1. The van der Waals surface area contributed by atoms with Crippen molar-refractivity contribution in [1.29, 1.82) is 0 Å². The van der Waals surface area contributed by atoms with E-state index in [-0.39, 0.29) is 11.8 Å². The Hall–Kier alpha value is -1.93. The molecule has 8 heteroatoms. The third-order valence-corrected chi connectivity index (χ3v) is 4.95. The minimum atomic E-state index is -4.33. The molecule has 1 aromatic carbocycles. The van der Waals surface area contributed by atoms with Crippen LogP contribution in [0.3, 0.4) is 0 Å². The molecule has 1 fully saturated rings. The standard InChI is InChI=1S/C17H17F3N2O2S/c18-17(19,20)13-3-1-11(2-4-13)9-14-10-21-16(25-14)22-15(23)12-5-7-24-8-6-12/h1-4,10,12H,5-9H2,(H,21,22,23). The summed E-state index contributed by atoms with van der Waals surface area (Å²) in [7, 11) is 0. The van der Waals surface area contributed by atoms with Gasteiger partial charge >= 0.3 is 6.18 Å². The fraction of sp³-hybridized carbons (Fsp3) is 0.412. The lowest BCUT2D eigenvalue weighted by atomic mass is 10.00. The number of ether oxygens (including phenoxy) is 1. The van der Waals surface area contributed by atoms with E-state index in [4.69, 9.17) is 4.74 Å². The lowest BCUT2D eigenvalue weighted by Gasteiger charge is -2.20. The highest BCUT2D eigenvalue weighted by Crippen LogP contribution is 2.30. The number of thiazole rings is 1. The van der Waals surface area contributed by atoms with Crippen LogP contribution in [0, 0.1) is 5.92 Å². The van der Waals surface area contributed by atoms with E-state index >= 15 is 0 Å². The van der Waals surface area contributed by atoms with Crippen LogP contribution in [0.4, 0.5) is 18.3 Å². The Morgan fingerprint density at radius 2 is 1.92 bits per heavy atom. The van der Waals surface area contributed by atoms with Crippen LogP contribution in [0.15, 0.2) is 30.5 Å². The predicted octanol–water partition coefficient (Wildman–Crippen LogP) is 4.12. The summed E-state index contributed by atoms with van der Waals surface area (Å²) in [5.41, 5.74) is 0.101. The molecule has 25 heavy (non-hydrogen) atoms. The monoisotopic (exact) mass is 370 g/mol. The fourth-order valence-electron chi connectivity index (χ4n) is 2.63. The number of hydrogen-bond donors (Lipinski definition) is 1. The normalized spacial score (nSPS) is 16.0. The average Bonchev–Trinajstić information content (AvgIpc) is 3.02. The molecule has 0 aliphatic carbocycles. The SMILES string of the molecule is O=C(Nc1ncc(Cc2ccc(C(F)(F)F)cc2)s1)C1CCOCC1. The van der Waals surface area contributed by atoms with E-state index in [0.717, 1.165) is 22.6 Å². The molecule has 0 saturated carbocycles. The van der Waals surface area contributed by atoms with Crippen LogP contribution in [-0.2, 0) is 22.1 Å². The molecular formula is C17H17F3N2O2S. The minimum Gasteiger partial charge on any atom is -0.381 e. The highest BCUT2D eigenvalue weighted by Gasteiger charge is 2.30. The summed E-state index contributed by atoms with van der Waals surface area (Å²) in [5, 5.41) is 3.32. The van der Waals surface area contributed by atoms with Crippen LogP contribution in [0.2, 0.25) is 0 Å². The first-order chi connectivity index (χ1) is 11.9. The lowest BCUT2D eigenvalue weighted by Crippen LogP contribution is -2.28. The quantitative estimate of drug-likeness (QED) is 0.881. The molecule has 1 N–H and O–H groups in total. The van der Waals surface area contributed by atoms with Crippen molar-refractivity contribution in [1.82, 2.24) is 4.98 Å². The topological polar surface area (TPSA) is 51.2 Å². The molecular weight excluding hydrogens is 353 g/mol. The molecule has 0 spiro atoms. The van der Waals surface area contributed by atoms with Gasteiger partial charge in [-0.2, -0.15) is 13.2 Å². The zero-order chi connectivity index (χ0) is 17.9. The van der Waals surface area contributed by atoms with Gasteiger partial charge in [0.05, 0.1) is 5.56 Å². The number of nitrogens with one attached hydrogen (secondary N) is 1. The van der Waals surface area contributed by atoms with Crippen LogP contribution >= 0.6 is 11.3 Å². The maximum absolute atomic E-state index is 12.6. The van der Waals surface area contributed by atoms with Gasteiger partial charge in [0.25, 0.3) is 0 Å². The molecule has 1 saturated heterocycles. The van der Waals surface area contributed by atoms with Gasteiger partial charge in [0.1, 0.15) is 0 Å². The average molecular weight is 370 g/mol. The second-order valence-corrected chi connectivity index (χ2v) is 6.99. The van der Waals surface area contributed by atoms with Gasteiger partial charge in [-0.15, -0.1) is 11.3 Å². The number of aromatic nitrogens is 1. The van der Waals surface area contributed by atoms with E-state index in [1.165, 1.54) is 23.5 Å². The van der Waals surface area contributed by atoms with Gasteiger partial charge < -0.3 is 10.1 Å². The number of halogens is 3. The van der Waals surface area contributed by atoms with E-state index in [0.29, 0.717) is 37.6 Å². The van der Waals surface area contributed by atoms with Crippen LogP contribution in [0.1, 0.15) is 28.8 Å². The van der Waals surface area contributed by atoms with Crippen molar-refractivity contribution in [3.63, 3.8) is 0 Å². The highest BCUT2D eigenvalue weighted by molar-refractivity contribution is 7.15. The Morgan fingerprint density at radius 3 is 2.56 bits per heavy atom. The largest absolute Gasteiger partial charge is 0.416 e. The van der Waals surface area contributed by atoms with E-state index in [1.807, 2.05) is 0 Å². The van der Waals surface area contributed by atoms with Gasteiger partial charge in [-0.1, -0.05) is 12.1 Å². The molecule has 1 aliphatic rings. The summed E-state index contributed by atoms with van der Waals surface area (Å²) in [6.45, 7) is 1.18. The minimum absolute atomic E-state index is 0.0567. The van der Waals surface area contributed by atoms with Gasteiger partial charge in [0.2, 0.25) is 5.91 Å². The second-order valence-electron chi connectivity index (χ2n) is 5.88. The first-order valence-corrected chi connectivity index (χ1v) is 8.73. The Balaban J connectivity index is 1.59. The number of carbonyl (C=O) groups excluding carboxylic acids is 1. The number of anilines is 1. The van der Waals surface area contributed by atoms with E-state index in [9.17, 15) is 18.0 Å². The van der Waals surface area contributed by atoms with Crippen molar-refractivity contribution in [3.8, 4) is 0 Å². The summed E-state index contributed by atoms with van der Waals surface area (Å²) in [5.74, 6) is -0.116. The second kappa shape index (κ2) is 7.53. The van der Waals surface area contributed by atoms with Gasteiger partial charge in [-0.05, 0) is 30.5 Å². The smallest absolute Gasteiger partial charge is 0.381 e. The molecule has 0 atom stereocenters. The van der Waals surface area contributed by atoms with Gasteiger partial charge in [-0.25, -0.2) is 4.98 Å². The number of alkyl halides is 3. The molecule has 0 bridgehead atoms. The first kappa shape index (κ1) is 17.9.